The van der Waals surface area contributed by atoms with Crippen LogP contribution in [0.25, 0.3) is 0 Å². The Kier molecular flexibility index (Phi) is 11.6. The fourth-order valence-electron chi connectivity index (χ4n) is 4.32. The second-order valence-electron chi connectivity index (χ2n) is 9.23. The molecule has 0 aliphatic carbocycles. The van der Waals surface area contributed by atoms with Crippen LogP contribution in [-0.4, -0.2) is 54.1 Å². The van der Waals surface area contributed by atoms with Crippen molar-refractivity contribution in [1.82, 2.24) is 0 Å². The van der Waals surface area contributed by atoms with Crippen molar-refractivity contribution in [2.24, 2.45) is 0 Å². The number of methoxy groups -OCH3 is 1. The zero-order chi connectivity index (χ0) is 28.4. The molecule has 1 N–H and O–H groups in total. The standard InChI is InChI=1S/C30H32Cl3NO6/c1-35-20-24-25(36-17-21-11-5-2-6-12-21)26(37-18-22-13-7-3-8-14-22)27(38-19-23-15-9-4-10-16-23)28(39-24)40-29(34)30(31,32)33/h2-16,24-28,34H,17-20H2,1H3/t24-,25+,26+,27-,28?/m1/s1. The van der Waals surface area contributed by atoms with Gasteiger partial charge in [-0.1, -0.05) is 126 Å². The molecule has 0 spiro atoms. The molecule has 5 atom stereocenters. The van der Waals surface area contributed by atoms with Crippen LogP contribution in [0, 0.1) is 5.41 Å². The van der Waals surface area contributed by atoms with E-state index in [9.17, 15) is 0 Å². The first-order valence-corrected chi connectivity index (χ1v) is 13.9. The van der Waals surface area contributed by atoms with Crippen LogP contribution in [0.2, 0.25) is 0 Å². The van der Waals surface area contributed by atoms with Crippen molar-refractivity contribution >= 4 is 40.7 Å². The smallest absolute Gasteiger partial charge is 0.265 e. The summed E-state index contributed by atoms with van der Waals surface area (Å²) in [5.41, 5.74) is 2.88. The number of benzene rings is 3. The molecule has 3 aromatic rings. The van der Waals surface area contributed by atoms with Gasteiger partial charge in [-0.05, 0) is 16.7 Å². The molecule has 7 nitrogen and oxygen atoms in total. The van der Waals surface area contributed by atoms with Gasteiger partial charge in [0.25, 0.3) is 3.79 Å². The van der Waals surface area contributed by atoms with Gasteiger partial charge in [0.2, 0.25) is 12.2 Å². The van der Waals surface area contributed by atoms with E-state index in [0.717, 1.165) is 16.7 Å². The summed E-state index contributed by atoms with van der Waals surface area (Å²) in [5, 5.41) is 8.22. The van der Waals surface area contributed by atoms with Crippen molar-refractivity contribution < 1.29 is 28.4 Å². The Morgan fingerprint density at radius 1 is 0.700 bits per heavy atom. The summed E-state index contributed by atoms with van der Waals surface area (Å²) in [7, 11) is 1.56. The van der Waals surface area contributed by atoms with E-state index in [1.165, 1.54) is 0 Å². The SMILES string of the molecule is COC[C@H]1OC(OC(=N)C(Cl)(Cl)Cl)[C@H](OCc2ccccc2)[C@@H](OCc2ccccc2)[C@H]1OCc1ccccc1. The summed E-state index contributed by atoms with van der Waals surface area (Å²) < 4.78 is 34.8. The minimum Gasteiger partial charge on any atom is -0.445 e. The molecule has 1 aliphatic rings. The Morgan fingerprint density at radius 3 is 1.55 bits per heavy atom. The Hall–Kier alpha value is -2.20. The van der Waals surface area contributed by atoms with Crippen molar-refractivity contribution in [3.63, 3.8) is 0 Å². The zero-order valence-corrected chi connectivity index (χ0v) is 24.2. The van der Waals surface area contributed by atoms with E-state index in [1.807, 2.05) is 91.0 Å². The van der Waals surface area contributed by atoms with Gasteiger partial charge in [0, 0.05) is 7.11 Å². The van der Waals surface area contributed by atoms with Crippen molar-refractivity contribution in [2.75, 3.05) is 13.7 Å². The van der Waals surface area contributed by atoms with Crippen molar-refractivity contribution in [3.8, 4) is 0 Å². The van der Waals surface area contributed by atoms with Crippen LogP contribution in [0.3, 0.4) is 0 Å². The number of rotatable bonds is 12. The monoisotopic (exact) mass is 607 g/mol. The molecule has 214 valence electrons. The molecule has 4 rings (SSSR count). The third-order valence-electron chi connectivity index (χ3n) is 6.27. The van der Waals surface area contributed by atoms with Crippen LogP contribution in [0.5, 0.6) is 0 Å². The summed E-state index contributed by atoms with van der Waals surface area (Å²) in [4.78, 5) is 0. The fraction of sp³-hybridized carbons (Fsp3) is 0.367. The fourth-order valence-corrected chi connectivity index (χ4v) is 4.46. The second kappa shape index (κ2) is 15.1. The molecule has 0 aromatic heterocycles. The highest BCUT2D eigenvalue weighted by atomic mass is 35.6. The lowest BCUT2D eigenvalue weighted by atomic mass is 9.97. The predicted molar refractivity (Wildman–Crippen MR) is 155 cm³/mol. The van der Waals surface area contributed by atoms with E-state index in [2.05, 4.69) is 0 Å². The number of ether oxygens (including phenoxy) is 6. The van der Waals surface area contributed by atoms with Crippen LogP contribution in [0.15, 0.2) is 91.0 Å². The molecule has 1 fully saturated rings. The lowest BCUT2D eigenvalue weighted by molar-refractivity contribution is -0.312. The van der Waals surface area contributed by atoms with E-state index in [4.69, 9.17) is 68.6 Å². The van der Waals surface area contributed by atoms with E-state index >= 15 is 0 Å². The number of nitrogens with one attached hydrogen (secondary N) is 1. The van der Waals surface area contributed by atoms with E-state index in [-0.39, 0.29) is 19.8 Å². The molecule has 3 aromatic carbocycles. The second-order valence-corrected chi connectivity index (χ2v) is 11.5. The molecule has 0 radical (unpaired) electrons. The van der Waals surface area contributed by atoms with Gasteiger partial charge in [0.15, 0.2) is 0 Å². The first kappa shape index (κ1) is 30.8. The molecular weight excluding hydrogens is 577 g/mol. The summed E-state index contributed by atoms with van der Waals surface area (Å²) >= 11 is 17.8. The van der Waals surface area contributed by atoms with Gasteiger partial charge in [-0.25, -0.2) is 0 Å². The summed E-state index contributed by atoms with van der Waals surface area (Å²) in [5.74, 6) is -0.600. The normalized spacial score (nSPS) is 23.1. The molecule has 1 saturated heterocycles. The van der Waals surface area contributed by atoms with E-state index < -0.39 is 40.4 Å². The van der Waals surface area contributed by atoms with Gasteiger partial charge < -0.3 is 28.4 Å². The summed E-state index contributed by atoms with van der Waals surface area (Å²) in [6.45, 7) is 0.968. The third kappa shape index (κ3) is 8.90. The highest BCUT2D eigenvalue weighted by Crippen LogP contribution is 2.34. The van der Waals surface area contributed by atoms with Gasteiger partial charge in [0.1, 0.15) is 24.4 Å². The quantitative estimate of drug-likeness (QED) is 0.144. The molecule has 0 saturated carbocycles. The van der Waals surface area contributed by atoms with Crippen molar-refractivity contribution in [2.45, 2.75) is 54.3 Å². The lowest BCUT2D eigenvalue weighted by Gasteiger charge is -2.45. The van der Waals surface area contributed by atoms with Gasteiger partial charge >= 0.3 is 0 Å². The molecule has 0 amide bonds. The topological polar surface area (TPSA) is 79.2 Å². The molecule has 0 bridgehead atoms. The third-order valence-corrected chi connectivity index (χ3v) is 6.78. The van der Waals surface area contributed by atoms with E-state index in [1.54, 1.807) is 7.11 Å². The van der Waals surface area contributed by atoms with E-state index in [0.29, 0.717) is 6.61 Å². The molecule has 1 aliphatic heterocycles. The number of hydrogen-bond donors (Lipinski definition) is 1. The highest BCUT2D eigenvalue weighted by molar-refractivity contribution is 6.76. The van der Waals surface area contributed by atoms with Gasteiger partial charge in [-0.2, -0.15) is 0 Å². The molecule has 1 unspecified atom stereocenters. The maximum atomic E-state index is 8.22. The first-order chi connectivity index (χ1) is 19.3. The minimum absolute atomic E-state index is 0.164. The molecular formula is C30H32Cl3NO6. The Morgan fingerprint density at radius 2 is 1.12 bits per heavy atom. The van der Waals surface area contributed by atoms with Crippen LogP contribution in [0.4, 0.5) is 0 Å². The Bertz CT molecular complexity index is 1170. The molecule has 40 heavy (non-hydrogen) atoms. The number of halogens is 3. The average molecular weight is 609 g/mol. The summed E-state index contributed by atoms with van der Waals surface area (Å²) in [6.07, 6.45) is -3.96. The van der Waals surface area contributed by atoms with Gasteiger partial charge in [-0.3, -0.25) is 5.41 Å². The Balaban J connectivity index is 1.66. The van der Waals surface area contributed by atoms with Crippen LogP contribution in [-0.2, 0) is 48.2 Å². The highest BCUT2D eigenvalue weighted by Gasteiger charge is 2.50. The summed E-state index contributed by atoms with van der Waals surface area (Å²) in [6, 6.07) is 29.2. The van der Waals surface area contributed by atoms with Crippen LogP contribution < -0.4 is 0 Å². The first-order valence-electron chi connectivity index (χ1n) is 12.8. The Labute approximate surface area is 249 Å². The van der Waals surface area contributed by atoms with Gasteiger partial charge in [0.05, 0.1) is 26.4 Å². The lowest BCUT2D eigenvalue weighted by Crippen LogP contribution is -2.62. The van der Waals surface area contributed by atoms with Gasteiger partial charge in [-0.15, -0.1) is 0 Å². The minimum atomic E-state index is -2.09. The largest absolute Gasteiger partial charge is 0.445 e. The van der Waals surface area contributed by atoms with Crippen molar-refractivity contribution in [3.05, 3.63) is 108 Å². The number of alkyl halides is 3. The predicted octanol–water partition coefficient (Wildman–Crippen LogP) is 6.48. The maximum absolute atomic E-state index is 8.22. The molecule has 10 heteroatoms. The number of hydrogen-bond acceptors (Lipinski definition) is 7. The van der Waals surface area contributed by atoms with Crippen LogP contribution >= 0.6 is 34.8 Å². The van der Waals surface area contributed by atoms with Crippen LogP contribution in [0.1, 0.15) is 16.7 Å². The zero-order valence-electron chi connectivity index (χ0n) is 22.0. The maximum Gasteiger partial charge on any atom is 0.265 e. The molecule has 1 heterocycles. The average Bonchev–Trinajstić information content (AvgIpc) is 2.96. The van der Waals surface area contributed by atoms with Crippen molar-refractivity contribution in [1.29, 1.82) is 5.41 Å².